The molecule has 1 aromatic carbocycles. The molecule has 24 heavy (non-hydrogen) atoms. The third-order valence-corrected chi connectivity index (χ3v) is 4.74. The summed E-state index contributed by atoms with van der Waals surface area (Å²) in [6.45, 7) is 3.01. The molecule has 0 saturated heterocycles. The third kappa shape index (κ3) is 2.85. The minimum atomic E-state index is -0.171. The number of aryl methyl sites for hydroxylation is 1. The normalized spacial score (nSPS) is 12.9. The first-order valence-electron chi connectivity index (χ1n) is 7.52. The predicted molar refractivity (Wildman–Crippen MR) is 92.0 cm³/mol. The van der Waals surface area contributed by atoms with Gasteiger partial charge in [-0.25, -0.2) is 0 Å². The van der Waals surface area contributed by atoms with Crippen LogP contribution in [0.3, 0.4) is 0 Å². The lowest BCUT2D eigenvalue weighted by Crippen LogP contribution is -2.15. The van der Waals surface area contributed by atoms with E-state index in [9.17, 15) is 4.79 Å². The molecular formula is C17H15N3O3S. The largest absolute Gasteiger partial charge is 0.486 e. The molecule has 4 rings (SSSR count). The Bertz CT molecular complexity index is 900. The number of fused-ring (bicyclic) bond motifs is 1. The summed E-state index contributed by atoms with van der Waals surface area (Å²) in [7, 11) is 0. The van der Waals surface area contributed by atoms with Crippen molar-refractivity contribution >= 4 is 23.1 Å². The second-order valence-electron chi connectivity index (χ2n) is 5.41. The van der Waals surface area contributed by atoms with Crippen molar-refractivity contribution in [1.82, 2.24) is 10.2 Å². The number of aromatic nitrogens is 2. The van der Waals surface area contributed by atoms with Crippen molar-refractivity contribution in [2.24, 2.45) is 0 Å². The maximum absolute atomic E-state index is 12.3. The van der Waals surface area contributed by atoms with Crippen LogP contribution in [0.4, 0.5) is 5.82 Å². The number of H-pyrrole nitrogens is 1. The van der Waals surface area contributed by atoms with Gasteiger partial charge in [0.2, 0.25) is 0 Å². The molecule has 0 saturated carbocycles. The highest BCUT2D eigenvalue weighted by Crippen LogP contribution is 2.37. The van der Waals surface area contributed by atoms with Crippen LogP contribution in [0.1, 0.15) is 15.4 Å². The molecule has 122 valence electrons. The molecule has 2 N–H and O–H groups in total. The number of ether oxygens (including phenoxy) is 2. The van der Waals surface area contributed by atoms with Crippen molar-refractivity contribution in [2.75, 3.05) is 18.5 Å². The molecule has 2 aromatic heterocycles. The number of hydrogen-bond donors (Lipinski definition) is 2. The van der Waals surface area contributed by atoms with Crippen molar-refractivity contribution < 1.29 is 14.3 Å². The van der Waals surface area contributed by atoms with Crippen LogP contribution in [-0.2, 0) is 0 Å². The summed E-state index contributed by atoms with van der Waals surface area (Å²) in [6.07, 6.45) is 0. The molecule has 1 aliphatic heterocycles. The Labute approximate surface area is 142 Å². The lowest BCUT2D eigenvalue weighted by Gasteiger charge is -2.18. The molecule has 1 amide bonds. The lowest BCUT2D eigenvalue weighted by atomic mass is 10.1. The van der Waals surface area contributed by atoms with E-state index in [1.165, 1.54) is 11.3 Å². The van der Waals surface area contributed by atoms with Gasteiger partial charge in [-0.05, 0) is 42.8 Å². The molecule has 0 aliphatic carbocycles. The zero-order valence-electron chi connectivity index (χ0n) is 13.0. The van der Waals surface area contributed by atoms with Crippen LogP contribution in [-0.4, -0.2) is 29.3 Å². The standard InChI is InChI=1S/C17H15N3O3S/c1-10-8-16(20-19-10)18-17(21)15-5-4-14(24-15)11-2-3-12-13(9-11)23-7-6-22-12/h2-5,8-9H,6-7H2,1H3,(H2,18,19,20,21). The van der Waals surface area contributed by atoms with E-state index in [1.807, 2.05) is 37.3 Å². The van der Waals surface area contributed by atoms with Crippen LogP contribution in [0.15, 0.2) is 36.4 Å². The van der Waals surface area contributed by atoms with Gasteiger partial charge in [0.1, 0.15) is 13.2 Å². The number of nitrogens with one attached hydrogen (secondary N) is 2. The number of aromatic amines is 1. The highest BCUT2D eigenvalue weighted by Gasteiger charge is 2.15. The number of carbonyl (C=O) groups excluding carboxylic acids is 1. The monoisotopic (exact) mass is 341 g/mol. The third-order valence-electron chi connectivity index (χ3n) is 3.60. The van der Waals surface area contributed by atoms with Gasteiger partial charge < -0.3 is 14.8 Å². The number of anilines is 1. The Morgan fingerprint density at radius 1 is 1.17 bits per heavy atom. The Morgan fingerprint density at radius 2 is 2.00 bits per heavy atom. The second kappa shape index (κ2) is 6.01. The second-order valence-corrected chi connectivity index (χ2v) is 6.50. The van der Waals surface area contributed by atoms with Gasteiger partial charge >= 0.3 is 0 Å². The molecule has 3 aromatic rings. The van der Waals surface area contributed by atoms with E-state index in [0.29, 0.717) is 23.9 Å². The smallest absolute Gasteiger partial charge is 0.266 e. The molecule has 0 spiro atoms. The molecule has 0 unspecified atom stereocenters. The van der Waals surface area contributed by atoms with Crippen molar-refractivity contribution in [3.63, 3.8) is 0 Å². The fourth-order valence-electron chi connectivity index (χ4n) is 2.47. The SMILES string of the molecule is Cc1cc(NC(=O)c2ccc(-c3ccc4c(c3)OCCO4)s2)n[nH]1. The summed E-state index contributed by atoms with van der Waals surface area (Å²) in [5, 5.41) is 9.59. The van der Waals surface area contributed by atoms with E-state index in [4.69, 9.17) is 9.47 Å². The van der Waals surface area contributed by atoms with E-state index < -0.39 is 0 Å². The quantitative estimate of drug-likeness (QED) is 0.765. The average Bonchev–Trinajstić information content (AvgIpc) is 3.24. The molecule has 6 nitrogen and oxygen atoms in total. The highest BCUT2D eigenvalue weighted by atomic mass is 32.1. The summed E-state index contributed by atoms with van der Waals surface area (Å²) in [5.41, 5.74) is 1.90. The first kappa shape index (κ1) is 14.8. The van der Waals surface area contributed by atoms with E-state index >= 15 is 0 Å². The van der Waals surface area contributed by atoms with E-state index in [1.54, 1.807) is 6.07 Å². The summed E-state index contributed by atoms with van der Waals surface area (Å²) in [4.78, 5) is 13.9. The van der Waals surface area contributed by atoms with Gasteiger partial charge in [0.05, 0.1) is 4.88 Å². The average molecular weight is 341 g/mol. The van der Waals surface area contributed by atoms with Crippen LogP contribution in [0.2, 0.25) is 0 Å². The van der Waals surface area contributed by atoms with E-state index in [-0.39, 0.29) is 5.91 Å². The van der Waals surface area contributed by atoms with Gasteiger partial charge in [0.15, 0.2) is 17.3 Å². The molecule has 0 bridgehead atoms. The molecule has 0 fully saturated rings. The zero-order valence-corrected chi connectivity index (χ0v) is 13.8. The Morgan fingerprint density at radius 3 is 2.79 bits per heavy atom. The predicted octanol–water partition coefficient (Wildman–Crippen LogP) is 3.47. The summed E-state index contributed by atoms with van der Waals surface area (Å²) in [5.74, 6) is 1.85. The molecule has 7 heteroatoms. The maximum Gasteiger partial charge on any atom is 0.266 e. The number of nitrogens with zero attached hydrogens (tertiary/aromatic N) is 1. The Kier molecular flexibility index (Phi) is 3.70. The highest BCUT2D eigenvalue weighted by molar-refractivity contribution is 7.17. The number of carbonyl (C=O) groups is 1. The summed E-state index contributed by atoms with van der Waals surface area (Å²) >= 11 is 1.42. The number of hydrogen-bond acceptors (Lipinski definition) is 5. The van der Waals surface area contributed by atoms with Gasteiger partial charge in [0.25, 0.3) is 5.91 Å². The summed E-state index contributed by atoms with van der Waals surface area (Å²) < 4.78 is 11.1. The van der Waals surface area contributed by atoms with Gasteiger partial charge in [-0.3, -0.25) is 9.89 Å². The zero-order chi connectivity index (χ0) is 16.5. The van der Waals surface area contributed by atoms with Crippen LogP contribution >= 0.6 is 11.3 Å². The van der Waals surface area contributed by atoms with Gasteiger partial charge in [-0.1, -0.05) is 0 Å². The van der Waals surface area contributed by atoms with Gasteiger partial charge in [-0.15, -0.1) is 11.3 Å². The van der Waals surface area contributed by atoms with Gasteiger partial charge in [-0.2, -0.15) is 5.10 Å². The van der Waals surface area contributed by atoms with E-state index in [0.717, 1.165) is 27.6 Å². The fourth-order valence-corrected chi connectivity index (χ4v) is 3.37. The fraction of sp³-hybridized carbons (Fsp3) is 0.176. The Hall–Kier alpha value is -2.80. The first-order valence-corrected chi connectivity index (χ1v) is 8.34. The molecule has 1 aliphatic rings. The number of rotatable bonds is 3. The van der Waals surface area contributed by atoms with Crippen LogP contribution < -0.4 is 14.8 Å². The maximum atomic E-state index is 12.3. The lowest BCUT2D eigenvalue weighted by molar-refractivity contribution is 0.103. The van der Waals surface area contributed by atoms with Crippen molar-refractivity contribution in [1.29, 1.82) is 0 Å². The Balaban J connectivity index is 1.55. The van der Waals surface area contributed by atoms with Crippen molar-refractivity contribution in [3.8, 4) is 21.9 Å². The summed E-state index contributed by atoms with van der Waals surface area (Å²) in [6, 6.07) is 11.3. The van der Waals surface area contributed by atoms with Crippen molar-refractivity contribution in [2.45, 2.75) is 6.92 Å². The molecule has 0 atom stereocenters. The molecular weight excluding hydrogens is 326 g/mol. The van der Waals surface area contributed by atoms with Crippen LogP contribution in [0, 0.1) is 6.92 Å². The van der Waals surface area contributed by atoms with Crippen LogP contribution in [0.25, 0.3) is 10.4 Å². The van der Waals surface area contributed by atoms with Crippen LogP contribution in [0.5, 0.6) is 11.5 Å². The van der Waals surface area contributed by atoms with Gasteiger partial charge in [0, 0.05) is 16.6 Å². The number of benzene rings is 1. The number of thiophene rings is 1. The van der Waals surface area contributed by atoms with E-state index in [2.05, 4.69) is 15.5 Å². The van der Waals surface area contributed by atoms with Crippen molar-refractivity contribution in [3.05, 3.63) is 47.0 Å². The first-order chi connectivity index (χ1) is 11.7. The minimum absolute atomic E-state index is 0.171. The number of amides is 1. The molecule has 0 radical (unpaired) electrons. The topological polar surface area (TPSA) is 76.2 Å². The minimum Gasteiger partial charge on any atom is -0.486 e. The molecule has 3 heterocycles.